The first kappa shape index (κ1) is 25.6. The average molecular weight is 691 g/mol. The highest BCUT2D eigenvalue weighted by molar-refractivity contribution is 9.38. The van der Waals surface area contributed by atoms with Crippen LogP contribution in [0.25, 0.3) is 0 Å². The molecule has 162 valence electrons. The van der Waals surface area contributed by atoms with Gasteiger partial charge in [0.05, 0.1) is 24.7 Å². The predicted octanol–water partition coefficient (Wildman–Crippen LogP) is 5.08. The second-order valence-electron chi connectivity index (χ2n) is 6.91. The summed E-state index contributed by atoms with van der Waals surface area (Å²) in [4.78, 5) is 39.0. The molecule has 0 saturated carbocycles. The van der Waals surface area contributed by atoms with Crippen LogP contribution in [-0.2, 0) is 21.8 Å². The molecule has 2 aromatic rings. The van der Waals surface area contributed by atoms with Crippen LogP contribution < -0.4 is 17.1 Å². The minimum absolute atomic E-state index is 0.00300. The third-order valence-electron chi connectivity index (χ3n) is 4.06. The summed E-state index contributed by atoms with van der Waals surface area (Å²) in [6, 6.07) is 3.44. The first-order valence-electron chi connectivity index (χ1n) is 8.53. The van der Waals surface area contributed by atoms with E-state index in [-0.39, 0.29) is 19.6 Å². The topological polar surface area (TPSA) is 66.0 Å². The molecule has 11 heteroatoms. The predicted molar refractivity (Wildman–Crippen MR) is 136 cm³/mol. The van der Waals surface area contributed by atoms with Gasteiger partial charge < -0.3 is 0 Å². The van der Waals surface area contributed by atoms with E-state index in [1.165, 1.54) is 0 Å². The van der Waals surface area contributed by atoms with Crippen molar-refractivity contribution in [2.75, 3.05) is 0 Å². The van der Waals surface area contributed by atoms with Gasteiger partial charge in [0.2, 0.25) is 0 Å². The van der Waals surface area contributed by atoms with Crippen molar-refractivity contribution in [3.8, 4) is 0 Å². The second kappa shape index (κ2) is 9.85. The molecule has 30 heavy (non-hydrogen) atoms. The molecule has 1 aromatic carbocycles. The molecule has 0 fully saturated rings. The van der Waals surface area contributed by atoms with Gasteiger partial charge in [-0.3, -0.25) is 0 Å². The van der Waals surface area contributed by atoms with Gasteiger partial charge in [-0.25, -0.2) is 28.1 Å². The lowest BCUT2D eigenvalue weighted by atomic mass is 10.1. The molecule has 0 aliphatic carbocycles. The van der Waals surface area contributed by atoms with E-state index < -0.39 is 19.2 Å². The summed E-state index contributed by atoms with van der Waals surface area (Å²) in [5.41, 5.74) is 0.316. The Bertz CT molecular complexity index is 1150. The Hall–Kier alpha value is -0.680. The van der Waals surface area contributed by atoms with E-state index in [0.717, 1.165) is 13.7 Å². The van der Waals surface area contributed by atoms with Gasteiger partial charge in [-0.2, -0.15) is 0 Å². The molecule has 0 N–H and O–H groups in total. The second-order valence-corrected chi connectivity index (χ2v) is 14.9. The van der Waals surface area contributed by atoms with Crippen LogP contribution in [0.2, 0.25) is 5.02 Å². The SMILES string of the molecule is C=C(C)Cn1c(=O)n(CC(=C)C)c(=O)n(Cc2c(C(Br)(Br)Br)ccc(Cl)c2Br)c1=O. The number of halogens is 5. The molecular formula is C19H18Br4ClN3O3. The van der Waals surface area contributed by atoms with Gasteiger partial charge in [0, 0.05) is 4.47 Å². The van der Waals surface area contributed by atoms with Crippen LogP contribution >= 0.6 is 75.3 Å². The van der Waals surface area contributed by atoms with Crippen LogP contribution in [0.1, 0.15) is 25.0 Å². The lowest BCUT2D eigenvalue weighted by molar-refractivity contribution is 0.487. The van der Waals surface area contributed by atoms with Crippen molar-refractivity contribution in [3.63, 3.8) is 0 Å². The third kappa shape index (κ3) is 5.56. The minimum Gasteiger partial charge on any atom is -0.247 e. The number of hydrogen-bond donors (Lipinski definition) is 0. The van der Waals surface area contributed by atoms with Gasteiger partial charge in [-0.05, 0) is 47.0 Å². The Labute approximate surface area is 211 Å². The van der Waals surface area contributed by atoms with Crippen molar-refractivity contribution in [1.29, 1.82) is 0 Å². The zero-order valence-electron chi connectivity index (χ0n) is 16.1. The Kier molecular flexibility index (Phi) is 8.40. The van der Waals surface area contributed by atoms with Crippen LogP contribution in [0.5, 0.6) is 0 Å². The fourth-order valence-electron chi connectivity index (χ4n) is 2.80. The first-order chi connectivity index (χ1) is 13.8. The number of nitrogens with zero attached hydrogens (tertiary/aromatic N) is 3. The highest BCUT2D eigenvalue weighted by Crippen LogP contribution is 2.48. The van der Waals surface area contributed by atoms with Gasteiger partial charge >= 0.3 is 17.1 Å². The first-order valence-corrected chi connectivity index (χ1v) is 12.1. The number of aromatic nitrogens is 3. The maximum atomic E-state index is 13.1. The monoisotopic (exact) mass is 687 g/mol. The maximum absolute atomic E-state index is 13.1. The molecule has 0 saturated heterocycles. The zero-order valence-corrected chi connectivity index (χ0v) is 23.2. The van der Waals surface area contributed by atoms with E-state index in [0.29, 0.717) is 31.8 Å². The molecule has 0 aliphatic rings. The summed E-state index contributed by atoms with van der Waals surface area (Å²) < 4.78 is 2.70. The highest BCUT2D eigenvalue weighted by Gasteiger charge is 2.28. The van der Waals surface area contributed by atoms with Crippen molar-refractivity contribution < 1.29 is 0 Å². The summed E-state index contributed by atoms with van der Waals surface area (Å²) in [5, 5.41) is 0.413. The van der Waals surface area contributed by atoms with E-state index in [2.05, 4.69) is 76.9 Å². The van der Waals surface area contributed by atoms with Gasteiger partial charge in [0.1, 0.15) is 0 Å². The molecule has 1 heterocycles. The number of alkyl halides is 3. The molecule has 0 bridgehead atoms. The lowest BCUT2D eigenvalue weighted by Gasteiger charge is -2.21. The summed E-state index contributed by atoms with van der Waals surface area (Å²) in [5.74, 6) is 0. The van der Waals surface area contributed by atoms with E-state index in [1.54, 1.807) is 26.0 Å². The molecule has 0 atom stereocenters. The Morgan fingerprint density at radius 3 is 1.77 bits per heavy atom. The Morgan fingerprint density at radius 2 is 1.37 bits per heavy atom. The van der Waals surface area contributed by atoms with Crippen LogP contribution in [0, 0.1) is 0 Å². The van der Waals surface area contributed by atoms with Crippen LogP contribution in [0.4, 0.5) is 0 Å². The largest absolute Gasteiger partial charge is 0.336 e. The normalized spacial score (nSPS) is 11.6. The summed E-state index contributed by atoms with van der Waals surface area (Å²) in [6.07, 6.45) is 0. The molecule has 2 rings (SSSR count). The van der Waals surface area contributed by atoms with Crippen molar-refractivity contribution in [2.45, 2.75) is 35.6 Å². The molecule has 0 unspecified atom stereocenters. The molecule has 0 aliphatic heterocycles. The Balaban J connectivity index is 2.87. The molecular weight excluding hydrogens is 673 g/mol. The van der Waals surface area contributed by atoms with E-state index >= 15 is 0 Å². The van der Waals surface area contributed by atoms with Crippen molar-refractivity contribution in [1.82, 2.24) is 13.7 Å². The third-order valence-corrected chi connectivity index (χ3v) is 6.79. The molecule has 1 aromatic heterocycles. The molecule has 6 nitrogen and oxygen atoms in total. The van der Waals surface area contributed by atoms with Crippen molar-refractivity contribution in [3.05, 3.63) is 88.5 Å². The minimum atomic E-state index is -0.818. The molecule has 0 amide bonds. The number of rotatable bonds is 6. The Morgan fingerprint density at radius 1 is 0.933 bits per heavy atom. The van der Waals surface area contributed by atoms with Crippen LogP contribution in [0.3, 0.4) is 0 Å². The molecule has 0 spiro atoms. The molecule has 0 radical (unpaired) electrons. The smallest absolute Gasteiger partial charge is 0.247 e. The van der Waals surface area contributed by atoms with Gasteiger partial charge in [-0.1, -0.05) is 89.8 Å². The number of benzene rings is 1. The van der Waals surface area contributed by atoms with Gasteiger partial charge in [-0.15, -0.1) is 0 Å². The van der Waals surface area contributed by atoms with Crippen molar-refractivity contribution in [2.24, 2.45) is 0 Å². The van der Waals surface area contributed by atoms with E-state index in [4.69, 9.17) is 11.6 Å². The van der Waals surface area contributed by atoms with Crippen molar-refractivity contribution >= 4 is 75.3 Å². The zero-order chi connectivity index (χ0) is 23.0. The fourth-order valence-corrected chi connectivity index (χ4v) is 4.56. The summed E-state index contributed by atoms with van der Waals surface area (Å²) in [7, 11) is 0. The quantitative estimate of drug-likeness (QED) is 0.314. The maximum Gasteiger partial charge on any atom is 0.336 e. The number of hydrogen-bond acceptors (Lipinski definition) is 3. The average Bonchev–Trinajstić information content (AvgIpc) is 2.61. The fraction of sp³-hybridized carbons (Fsp3) is 0.316. The highest BCUT2D eigenvalue weighted by atomic mass is 80.0. The number of allylic oxidation sites excluding steroid dienone is 2. The van der Waals surface area contributed by atoms with Gasteiger partial charge in [0.15, 0.2) is 2.14 Å². The van der Waals surface area contributed by atoms with Crippen LogP contribution in [0.15, 0.2) is 55.3 Å². The summed E-state index contributed by atoms with van der Waals surface area (Å²) >= 11 is 20.1. The van der Waals surface area contributed by atoms with E-state index in [1.807, 2.05) is 0 Å². The van der Waals surface area contributed by atoms with Gasteiger partial charge in [0.25, 0.3) is 0 Å². The standard InChI is InChI=1S/C19H18Br4ClN3O3/c1-10(2)7-25-16(28)26(8-11(3)4)18(30)27(17(25)29)9-12-13(19(21,22)23)5-6-14(24)15(12)20/h5-6H,1,3,7-9H2,2,4H3. The summed E-state index contributed by atoms with van der Waals surface area (Å²) in [6.45, 7) is 10.8. The lowest BCUT2D eigenvalue weighted by Crippen LogP contribution is -2.55. The van der Waals surface area contributed by atoms with E-state index in [9.17, 15) is 14.4 Å². The van der Waals surface area contributed by atoms with Crippen LogP contribution in [-0.4, -0.2) is 13.7 Å².